The SMILES string of the molecule is BC1(B)OC(N)=N[C@]12c1cc(-c3cncc(Cl)c3)ccc1C[C@]21CC[C@@H](OC)[C@H](C)C1. The third kappa shape index (κ3) is 2.89. The maximum Gasteiger partial charge on any atom is 0.282 e. The van der Waals surface area contributed by atoms with Gasteiger partial charge in [-0.3, -0.25) is 4.98 Å². The summed E-state index contributed by atoms with van der Waals surface area (Å²) in [6.45, 7) is 2.30. The van der Waals surface area contributed by atoms with Crippen LogP contribution in [0.15, 0.2) is 41.7 Å². The van der Waals surface area contributed by atoms with Crippen molar-refractivity contribution in [3.8, 4) is 11.1 Å². The molecule has 1 fully saturated rings. The van der Waals surface area contributed by atoms with Gasteiger partial charge in [0.25, 0.3) is 6.02 Å². The van der Waals surface area contributed by atoms with E-state index in [-0.39, 0.29) is 17.5 Å². The lowest BCUT2D eigenvalue weighted by Gasteiger charge is -2.53. The molecule has 0 unspecified atom stereocenters. The molecule has 8 heteroatoms. The third-order valence-electron chi connectivity index (χ3n) is 7.90. The minimum absolute atomic E-state index is 0.0559. The summed E-state index contributed by atoms with van der Waals surface area (Å²) in [5.74, 6) is 0.439. The Morgan fingerprint density at radius 2 is 2.03 bits per heavy atom. The van der Waals surface area contributed by atoms with Crippen molar-refractivity contribution in [2.75, 3.05) is 7.11 Å². The Hall–Kier alpha value is -1.98. The standard InChI is InChI=1S/C23H28B2ClN3O2/c1-13-9-21(6-5-19(13)30-2)10-15-4-3-14(16-7-17(26)12-28-11-16)8-18(15)22(21)23(24,25)31-20(27)29-22/h3-4,7-8,11-13,19H,5-6,9-10,24-25H2,1-2H3,(H2,27,29)/t13-,19-,21-,22+/m1/s1. The highest BCUT2D eigenvalue weighted by molar-refractivity contribution is 6.41. The first-order valence-electron chi connectivity index (χ1n) is 11.0. The average Bonchev–Trinajstić information content (AvgIpc) is 3.12. The van der Waals surface area contributed by atoms with E-state index in [0.717, 1.165) is 36.8 Å². The molecule has 2 N–H and O–H groups in total. The molecule has 5 nitrogen and oxygen atoms in total. The number of amidine groups is 1. The number of methoxy groups -OCH3 is 1. The van der Waals surface area contributed by atoms with Crippen LogP contribution in [0.25, 0.3) is 11.1 Å². The molecule has 0 saturated heterocycles. The van der Waals surface area contributed by atoms with Crippen molar-refractivity contribution >= 4 is 33.3 Å². The Morgan fingerprint density at radius 1 is 1.23 bits per heavy atom. The molecule has 0 amide bonds. The van der Waals surface area contributed by atoms with E-state index in [4.69, 9.17) is 31.8 Å². The molecular formula is C23H28B2ClN3O2. The number of hydrogen-bond donors (Lipinski definition) is 1. The fourth-order valence-electron chi connectivity index (χ4n) is 6.79. The Labute approximate surface area is 190 Å². The maximum atomic E-state index is 6.24. The number of aromatic nitrogens is 1. The van der Waals surface area contributed by atoms with Gasteiger partial charge >= 0.3 is 0 Å². The Morgan fingerprint density at radius 3 is 2.68 bits per heavy atom. The quantitative estimate of drug-likeness (QED) is 0.735. The van der Waals surface area contributed by atoms with E-state index in [1.165, 1.54) is 11.1 Å². The zero-order chi connectivity index (χ0) is 22.0. The summed E-state index contributed by atoms with van der Waals surface area (Å²) >= 11 is 6.22. The predicted molar refractivity (Wildman–Crippen MR) is 129 cm³/mol. The van der Waals surface area contributed by atoms with Gasteiger partial charge in [0.1, 0.15) is 5.54 Å². The number of nitrogens with zero attached hydrogens (tertiary/aromatic N) is 2. The van der Waals surface area contributed by atoms with Gasteiger partial charge in [-0.1, -0.05) is 30.7 Å². The van der Waals surface area contributed by atoms with Crippen LogP contribution >= 0.6 is 11.6 Å². The monoisotopic (exact) mass is 435 g/mol. The van der Waals surface area contributed by atoms with Crippen molar-refractivity contribution in [2.45, 2.75) is 49.6 Å². The van der Waals surface area contributed by atoms with E-state index < -0.39 is 10.9 Å². The molecule has 5 rings (SSSR count). The topological polar surface area (TPSA) is 69.7 Å². The Kier molecular flexibility index (Phi) is 4.73. The van der Waals surface area contributed by atoms with E-state index in [9.17, 15) is 0 Å². The molecule has 1 aromatic carbocycles. The molecule has 1 aromatic heterocycles. The summed E-state index contributed by atoms with van der Waals surface area (Å²) in [5, 5.41) is 0.0790. The lowest BCUT2D eigenvalue weighted by molar-refractivity contribution is -0.0559. The van der Waals surface area contributed by atoms with Crippen molar-refractivity contribution < 1.29 is 9.47 Å². The summed E-state index contributed by atoms with van der Waals surface area (Å²) < 4.78 is 12.0. The molecule has 31 heavy (non-hydrogen) atoms. The van der Waals surface area contributed by atoms with Crippen molar-refractivity contribution in [3.63, 3.8) is 0 Å². The minimum atomic E-state index is -0.548. The van der Waals surface area contributed by atoms with E-state index in [1.54, 1.807) is 6.20 Å². The molecule has 1 saturated carbocycles. The molecule has 1 aliphatic heterocycles. The van der Waals surface area contributed by atoms with Crippen LogP contribution in [0.1, 0.15) is 37.3 Å². The summed E-state index contributed by atoms with van der Waals surface area (Å²) in [6.07, 6.45) is 7.84. The van der Waals surface area contributed by atoms with Crippen LogP contribution in [0, 0.1) is 11.3 Å². The molecule has 0 bridgehead atoms. The van der Waals surface area contributed by atoms with Crippen LogP contribution < -0.4 is 5.73 Å². The van der Waals surface area contributed by atoms with E-state index in [1.807, 2.05) is 19.4 Å². The summed E-state index contributed by atoms with van der Waals surface area (Å²) in [7, 11) is 6.09. The molecule has 2 aromatic rings. The van der Waals surface area contributed by atoms with Crippen molar-refractivity contribution in [1.82, 2.24) is 4.98 Å². The van der Waals surface area contributed by atoms with E-state index >= 15 is 0 Å². The highest BCUT2D eigenvalue weighted by Crippen LogP contribution is 2.65. The molecule has 2 aliphatic carbocycles. The largest absolute Gasteiger partial charge is 0.475 e. The van der Waals surface area contributed by atoms with Gasteiger partial charge in [-0.2, -0.15) is 0 Å². The molecule has 160 valence electrons. The average molecular weight is 436 g/mol. The van der Waals surface area contributed by atoms with Crippen LogP contribution in [0.5, 0.6) is 0 Å². The summed E-state index contributed by atoms with van der Waals surface area (Å²) in [6, 6.07) is 8.91. The lowest BCUT2D eigenvalue weighted by atomic mass is 9.44. The Balaban J connectivity index is 1.70. The molecule has 4 atom stereocenters. The normalized spacial score (nSPS) is 33.3. The van der Waals surface area contributed by atoms with Crippen LogP contribution in [-0.2, 0) is 21.4 Å². The third-order valence-corrected chi connectivity index (χ3v) is 8.11. The lowest BCUT2D eigenvalue weighted by Crippen LogP contribution is -2.60. The first-order valence-corrected chi connectivity index (χ1v) is 11.4. The first kappa shape index (κ1) is 20.9. The van der Waals surface area contributed by atoms with E-state index in [2.05, 4.69) is 45.8 Å². The van der Waals surface area contributed by atoms with Gasteiger partial charge in [-0.15, -0.1) is 0 Å². The van der Waals surface area contributed by atoms with E-state index in [0.29, 0.717) is 10.9 Å². The number of aliphatic imine (C=N–C) groups is 1. The summed E-state index contributed by atoms with van der Waals surface area (Å²) in [4.78, 5) is 9.39. The van der Waals surface area contributed by atoms with Gasteiger partial charge in [-0.05, 0) is 60.4 Å². The molecule has 3 aliphatic rings. The second-order valence-electron chi connectivity index (χ2n) is 9.99. The fourth-order valence-corrected chi connectivity index (χ4v) is 6.96. The van der Waals surface area contributed by atoms with Gasteiger partial charge in [0, 0.05) is 30.5 Å². The number of pyridine rings is 1. The number of fused-ring (bicyclic) bond motifs is 3. The van der Waals surface area contributed by atoms with Gasteiger partial charge in [0.05, 0.1) is 16.5 Å². The molecule has 2 spiro atoms. The number of hydrogen-bond acceptors (Lipinski definition) is 5. The smallest absolute Gasteiger partial charge is 0.282 e. The van der Waals surface area contributed by atoms with Gasteiger partial charge in [0.2, 0.25) is 0 Å². The van der Waals surface area contributed by atoms with Crippen molar-refractivity contribution in [2.24, 2.45) is 22.1 Å². The first-order chi connectivity index (χ1) is 14.7. The van der Waals surface area contributed by atoms with Gasteiger partial charge in [-0.25, -0.2) is 4.99 Å². The predicted octanol–water partition coefficient (Wildman–Crippen LogP) is 2.24. The van der Waals surface area contributed by atoms with Gasteiger partial charge < -0.3 is 15.2 Å². The van der Waals surface area contributed by atoms with Crippen LogP contribution in [0.3, 0.4) is 0 Å². The van der Waals surface area contributed by atoms with Crippen LogP contribution in [-0.4, -0.2) is 45.3 Å². The molecular weight excluding hydrogens is 407 g/mol. The van der Waals surface area contributed by atoms with Gasteiger partial charge in [0.15, 0.2) is 15.7 Å². The maximum absolute atomic E-state index is 6.24. The zero-order valence-electron chi connectivity index (χ0n) is 18.6. The van der Waals surface area contributed by atoms with Crippen LogP contribution in [0.4, 0.5) is 0 Å². The van der Waals surface area contributed by atoms with Crippen molar-refractivity contribution in [1.29, 1.82) is 0 Å². The molecule has 2 heterocycles. The second-order valence-corrected chi connectivity index (χ2v) is 10.4. The van der Waals surface area contributed by atoms with Crippen molar-refractivity contribution in [3.05, 3.63) is 52.8 Å². The number of rotatable bonds is 2. The minimum Gasteiger partial charge on any atom is -0.475 e. The summed E-state index contributed by atoms with van der Waals surface area (Å²) in [5.41, 5.74) is 10.3. The highest BCUT2D eigenvalue weighted by atomic mass is 35.5. The number of benzene rings is 1. The number of nitrogens with two attached hydrogens (primary N) is 1. The highest BCUT2D eigenvalue weighted by Gasteiger charge is 2.68. The number of halogens is 1. The fraction of sp³-hybridized carbons (Fsp3) is 0.478. The Bertz CT molecular complexity index is 1080. The number of ether oxygens (including phenoxy) is 2. The molecule has 0 radical (unpaired) electrons. The van der Waals surface area contributed by atoms with Crippen LogP contribution in [0.2, 0.25) is 5.02 Å². The second kappa shape index (κ2) is 7.01. The zero-order valence-corrected chi connectivity index (χ0v) is 19.4.